The lowest BCUT2D eigenvalue weighted by Gasteiger charge is -2.10. The van der Waals surface area contributed by atoms with Gasteiger partial charge in [-0.2, -0.15) is 5.10 Å². The quantitative estimate of drug-likeness (QED) is 0.721. The molecule has 24 heavy (non-hydrogen) atoms. The Balaban J connectivity index is 2.03. The summed E-state index contributed by atoms with van der Waals surface area (Å²) >= 11 is 7.69. The zero-order valence-corrected chi connectivity index (χ0v) is 15.1. The van der Waals surface area contributed by atoms with Gasteiger partial charge in [0, 0.05) is 11.6 Å². The van der Waals surface area contributed by atoms with E-state index < -0.39 is 0 Å². The largest absolute Gasteiger partial charge is 0.350 e. The molecule has 0 spiro atoms. The standard InChI is InChI=1S/C18H18ClN3OS/c1-12(2)11-20-18(23)16-10-15(17-7-4-8-24-17)21-22(16)14-6-3-5-13(19)9-14/h3-10,12H,11H2,1-2H3,(H,20,23). The van der Waals surface area contributed by atoms with Gasteiger partial charge in [-0.3, -0.25) is 4.79 Å². The highest BCUT2D eigenvalue weighted by atomic mass is 35.5. The van der Waals surface area contributed by atoms with Crippen LogP contribution in [0, 0.1) is 5.92 Å². The number of amides is 1. The highest BCUT2D eigenvalue weighted by molar-refractivity contribution is 7.13. The van der Waals surface area contributed by atoms with E-state index in [-0.39, 0.29) is 5.91 Å². The Morgan fingerprint density at radius 3 is 2.79 bits per heavy atom. The van der Waals surface area contributed by atoms with Crippen LogP contribution < -0.4 is 5.32 Å². The zero-order chi connectivity index (χ0) is 17.1. The lowest BCUT2D eigenvalue weighted by molar-refractivity contribution is 0.0941. The summed E-state index contributed by atoms with van der Waals surface area (Å²) < 4.78 is 1.65. The molecule has 3 aromatic rings. The molecule has 0 bridgehead atoms. The fourth-order valence-electron chi connectivity index (χ4n) is 2.28. The fourth-order valence-corrected chi connectivity index (χ4v) is 3.15. The fraction of sp³-hybridized carbons (Fsp3) is 0.222. The van der Waals surface area contributed by atoms with Crippen LogP contribution in [0.4, 0.5) is 0 Å². The SMILES string of the molecule is CC(C)CNC(=O)c1cc(-c2cccs2)nn1-c1cccc(Cl)c1. The normalized spacial score (nSPS) is 11.0. The highest BCUT2D eigenvalue weighted by Crippen LogP contribution is 2.26. The molecule has 2 aromatic heterocycles. The molecule has 0 aliphatic carbocycles. The molecule has 1 aromatic carbocycles. The van der Waals surface area contributed by atoms with Crippen LogP contribution in [0.2, 0.25) is 5.02 Å². The third kappa shape index (κ3) is 3.68. The minimum atomic E-state index is -0.140. The second-order valence-electron chi connectivity index (χ2n) is 5.89. The first-order valence-corrected chi connectivity index (χ1v) is 8.98. The van der Waals surface area contributed by atoms with E-state index >= 15 is 0 Å². The van der Waals surface area contributed by atoms with E-state index in [1.54, 1.807) is 28.2 Å². The minimum absolute atomic E-state index is 0.140. The van der Waals surface area contributed by atoms with E-state index in [0.717, 1.165) is 16.3 Å². The monoisotopic (exact) mass is 359 g/mol. The van der Waals surface area contributed by atoms with Crippen molar-refractivity contribution in [2.45, 2.75) is 13.8 Å². The maximum absolute atomic E-state index is 12.6. The first-order chi connectivity index (χ1) is 11.5. The van der Waals surface area contributed by atoms with Crippen molar-refractivity contribution in [1.29, 1.82) is 0 Å². The van der Waals surface area contributed by atoms with Crippen molar-refractivity contribution in [2.75, 3.05) is 6.54 Å². The van der Waals surface area contributed by atoms with Gasteiger partial charge in [0.15, 0.2) is 0 Å². The van der Waals surface area contributed by atoms with Crippen LogP contribution in [0.15, 0.2) is 47.8 Å². The van der Waals surface area contributed by atoms with Crippen LogP contribution in [-0.2, 0) is 0 Å². The summed E-state index contributed by atoms with van der Waals surface area (Å²) in [6, 6.07) is 13.1. The molecule has 6 heteroatoms. The Morgan fingerprint density at radius 2 is 2.12 bits per heavy atom. The Bertz CT molecular complexity index is 840. The number of benzene rings is 1. The molecule has 0 radical (unpaired) electrons. The summed E-state index contributed by atoms with van der Waals surface area (Å²) in [5.41, 5.74) is 2.04. The highest BCUT2D eigenvalue weighted by Gasteiger charge is 2.18. The van der Waals surface area contributed by atoms with E-state index in [4.69, 9.17) is 11.6 Å². The molecule has 2 heterocycles. The molecule has 3 rings (SSSR count). The summed E-state index contributed by atoms with van der Waals surface area (Å²) in [6.07, 6.45) is 0. The summed E-state index contributed by atoms with van der Waals surface area (Å²) in [5, 5.41) is 10.2. The molecule has 0 unspecified atom stereocenters. The maximum atomic E-state index is 12.6. The van der Waals surface area contributed by atoms with E-state index in [1.807, 2.05) is 35.7 Å². The first-order valence-electron chi connectivity index (χ1n) is 7.72. The second kappa shape index (κ2) is 7.20. The number of halogens is 1. The first kappa shape index (κ1) is 16.7. The Hall–Kier alpha value is -2.11. The molecule has 0 saturated carbocycles. The number of aromatic nitrogens is 2. The van der Waals surface area contributed by atoms with Crippen molar-refractivity contribution in [1.82, 2.24) is 15.1 Å². The van der Waals surface area contributed by atoms with Gasteiger partial charge in [-0.05, 0) is 41.6 Å². The Kier molecular flexibility index (Phi) is 5.02. The third-order valence-corrected chi connectivity index (χ3v) is 4.57. The molecule has 0 fully saturated rings. The van der Waals surface area contributed by atoms with Gasteiger partial charge in [-0.25, -0.2) is 4.68 Å². The van der Waals surface area contributed by atoms with Gasteiger partial charge in [0.25, 0.3) is 5.91 Å². The lowest BCUT2D eigenvalue weighted by Crippen LogP contribution is -2.29. The second-order valence-corrected chi connectivity index (χ2v) is 7.27. The molecule has 1 N–H and O–H groups in total. The van der Waals surface area contributed by atoms with Crippen molar-refractivity contribution in [3.05, 3.63) is 58.6 Å². The molecular formula is C18H18ClN3OS. The molecule has 4 nitrogen and oxygen atoms in total. The number of nitrogens with one attached hydrogen (secondary N) is 1. The van der Waals surface area contributed by atoms with Gasteiger partial charge < -0.3 is 5.32 Å². The topological polar surface area (TPSA) is 46.9 Å². The van der Waals surface area contributed by atoms with Gasteiger partial charge in [0.1, 0.15) is 11.4 Å². The van der Waals surface area contributed by atoms with Gasteiger partial charge >= 0.3 is 0 Å². The molecule has 0 aliphatic heterocycles. The van der Waals surface area contributed by atoms with E-state index in [0.29, 0.717) is 23.2 Å². The smallest absolute Gasteiger partial charge is 0.270 e. The number of nitrogens with zero attached hydrogens (tertiary/aromatic N) is 2. The van der Waals surface area contributed by atoms with Crippen LogP contribution in [0.25, 0.3) is 16.3 Å². The summed E-state index contributed by atoms with van der Waals surface area (Å²) in [6.45, 7) is 4.74. The average molecular weight is 360 g/mol. The van der Waals surface area contributed by atoms with Crippen molar-refractivity contribution >= 4 is 28.8 Å². The zero-order valence-electron chi connectivity index (χ0n) is 13.5. The predicted molar refractivity (Wildman–Crippen MR) is 99.1 cm³/mol. The average Bonchev–Trinajstić information content (AvgIpc) is 3.21. The predicted octanol–water partition coefficient (Wildman–Crippen LogP) is 4.64. The number of rotatable bonds is 5. The number of hydrogen-bond donors (Lipinski definition) is 1. The van der Waals surface area contributed by atoms with Crippen molar-refractivity contribution < 1.29 is 4.79 Å². The van der Waals surface area contributed by atoms with Crippen molar-refractivity contribution in [3.8, 4) is 16.3 Å². The molecular weight excluding hydrogens is 342 g/mol. The van der Waals surface area contributed by atoms with Crippen LogP contribution in [-0.4, -0.2) is 22.2 Å². The van der Waals surface area contributed by atoms with Crippen LogP contribution >= 0.6 is 22.9 Å². The van der Waals surface area contributed by atoms with Crippen LogP contribution in [0.1, 0.15) is 24.3 Å². The molecule has 124 valence electrons. The van der Waals surface area contributed by atoms with Crippen molar-refractivity contribution in [3.63, 3.8) is 0 Å². The van der Waals surface area contributed by atoms with Gasteiger partial charge in [0.05, 0.1) is 10.6 Å². The Labute approximate surface area is 150 Å². The lowest BCUT2D eigenvalue weighted by atomic mass is 10.2. The van der Waals surface area contributed by atoms with Gasteiger partial charge in [0.2, 0.25) is 0 Å². The van der Waals surface area contributed by atoms with E-state index in [2.05, 4.69) is 24.3 Å². The number of carbonyl (C=O) groups is 1. The summed E-state index contributed by atoms with van der Waals surface area (Å²) in [7, 11) is 0. The maximum Gasteiger partial charge on any atom is 0.270 e. The Morgan fingerprint density at radius 1 is 1.29 bits per heavy atom. The van der Waals surface area contributed by atoms with Gasteiger partial charge in [-0.1, -0.05) is 37.6 Å². The van der Waals surface area contributed by atoms with Crippen LogP contribution in [0.5, 0.6) is 0 Å². The summed E-state index contributed by atoms with van der Waals surface area (Å²) in [5.74, 6) is 0.243. The number of carbonyl (C=O) groups excluding carboxylic acids is 1. The van der Waals surface area contributed by atoms with E-state index in [1.165, 1.54) is 0 Å². The van der Waals surface area contributed by atoms with E-state index in [9.17, 15) is 4.79 Å². The molecule has 0 aliphatic rings. The molecule has 0 saturated heterocycles. The summed E-state index contributed by atoms with van der Waals surface area (Å²) in [4.78, 5) is 13.6. The third-order valence-electron chi connectivity index (χ3n) is 3.44. The minimum Gasteiger partial charge on any atom is -0.350 e. The number of thiophene rings is 1. The molecule has 1 amide bonds. The number of hydrogen-bond acceptors (Lipinski definition) is 3. The van der Waals surface area contributed by atoms with Crippen molar-refractivity contribution in [2.24, 2.45) is 5.92 Å². The van der Waals surface area contributed by atoms with Gasteiger partial charge in [-0.15, -0.1) is 11.3 Å². The molecule has 0 atom stereocenters. The van der Waals surface area contributed by atoms with Crippen LogP contribution in [0.3, 0.4) is 0 Å².